The zero-order valence-corrected chi connectivity index (χ0v) is 21.9. The van der Waals surface area contributed by atoms with E-state index in [-0.39, 0.29) is 17.6 Å². The fraction of sp³-hybridized carbons (Fsp3) is 0.312. The van der Waals surface area contributed by atoms with Crippen molar-refractivity contribution in [3.05, 3.63) is 101 Å². The number of fused-ring (bicyclic) bond motifs is 1. The minimum Gasteiger partial charge on any atom is -0.372 e. The van der Waals surface area contributed by atoms with Crippen LogP contribution in [-0.2, 0) is 9.59 Å². The molecule has 0 unspecified atom stereocenters. The van der Waals surface area contributed by atoms with Crippen molar-refractivity contribution < 1.29 is 9.59 Å². The summed E-state index contributed by atoms with van der Waals surface area (Å²) in [4.78, 5) is 31.7. The van der Waals surface area contributed by atoms with Gasteiger partial charge in [0.05, 0.1) is 17.4 Å². The van der Waals surface area contributed by atoms with E-state index >= 15 is 0 Å². The number of hydrogen-bond acceptors (Lipinski definition) is 4. The van der Waals surface area contributed by atoms with Gasteiger partial charge >= 0.3 is 0 Å². The summed E-state index contributed by atoms with van der Waals surface area (Å²) in [6, 6.07) is 26.1. The van der Waals surface area contributed by atoms with E-state index in [1.54, 1.807) is 0 Å². The predicted molar refractivity (Wildman–Crippen MR) is 151 cm³/mol. The molecule has 0 saturated heterocycles. The number of nitrogens with one attached hydrogen (secondary N) is 1. The normalized spacial score (nSPS) is 19.0. The first-order valence-electron chi connectivity index (χ1n) is 13.4. The largest absolute Gasteiger partial charge is 0.372 e. The van der Waals surface area contributed by atoms with Crippen LogP contribution in [0.3, 0.4) is 0 Å². The molecule has 5 rings (SSSR count). The Hall–Kier alpha value is -3.86. The molecule has 0 spiro atoms. The summed E-state index contributed by atoms with van der Waals surface area (Å²) >= 11 is 0. The summed E-state index contributed by atoms with van der Waals surface area (Å²) in [5.74, 6) is 0.201. The van der Waals surface area contributed by atoms with Crippen LogP contribution in [0.5, 0.6) is 0 Å². The van der Waals surface area contributed by atoms with E-state index < -0.39 is 6.04 Å². The van der Waals surface area contributed by atoms with E-state index in [2.05, 4.69) is 60.5 Å². The molecule has 1 aliphatic heterocycles. The van der Waals surface area contributed by atoms with Crippen molar-refractivity contribution in [1.82, 2.24) is 0 Å². The lowest BCUT2D eigenvalue weighted by Crippen LogP contribution is -2.38. The zero-order chi connectivity index (χ0) is 25.9. The van der Waals surface area contributed by atoms with Gasteiger partial charge in [0.15, 0.2) is 5.78 Å². The monoisotopic (exact) mass is 493 g/mol. The Morgan fingerprint density at radius 3 is 2.22 bits per heavy atom. The average Bonchev–Trinajstić information content (AvgIpc) is 3.09. The third kappa shape index (κ3) is 4.66. The van der Waals surface area contributed by atoms with Crippen molar-refractivity contribution in [2.45, 2.75) is 52.0 Å². The highest BCUT2D eigenvalue weighted by Gasteiger charge is 2.41. The number of nitrogens with zero attached hydrogens (tertiary/aromatic N) is 2. The lowest BCUT2D eigenvalue weighted by molar-refractivity contribution is -0.119. The fourth-order valence-corrected chi connectivity index (χ4v) is 5.77. The second kappa shape index (κ2) is 10.6. The molecule has 5 nitrogen and oxygen atoms in total. The molecule has 0 bridgehead atoms. The minimum atomic E-state index is -0.478. The third-order valence-corrected chi connectivity index (χ3v) is 7.67. The predicted octanol–water partition coefficient (Wildman–Crippen LogP) is 6.84. The summed E-state index contributed by atoms with van der Waals surface area (Å²) < 4.78 is 0. The van der Waals surface area contributed by atoms with Gasteiger partial charge < -0.3 is 10.2 Å². The Morgan fingerprint density at radius 1 is 0.865 bits per heavy atom. The molecule has 0 fully saturated rings. The molecule has 3 aromatic carbocycles. The van der Waals surface area contributed by atoms with Gasteiger partial charge in [-0.15, -0.1) is 0 Å². The number of carbonyl (C=O) groups is 2. The third-order valence-electron chi connectivity index (χ3n) is 7.67. The smallest absolute Gasteiger partial charge is 0.227 e. The molecule has 1 aliphatic carbocycles. The van der Waals surface area contributed by atoms with Crippen molar-refractivity contribution >= 4 is 28.8 Å². The van der Waals surface area contributed by atoms with E-state index in [4.69, 9.17) is 0 Å². The quantitative estimate of drug-likeness (QED) is 0.408. The van der Waals surface area contributed by atoms with Gasteiger partial charge in [0.1, 0.15) is 0 Å². The number of hydrogen-bond donors (Lipinski definition) is 1. The van der Waals surface area contributed by atoms with E-state index in [9.17, 15) is 9.59 Å². The molecule has 2 atom stereocenters. The maximum atomic E-state index is 14.0. The van der Waals surface area contributed by atoms with Gasteiger partial charge in [0.25, 0.3) is 0 Å². The van der Waals surface area contributed by atoms with E-state index in [0.717, 1.165) is 47.8 Å². The van der Waals surface area contributed by atoms with Crippen molar-refractivity contribution in [1.29, 1.82) is 0 Å². The Bertz CT molecular complexity index is 1310. The molecule has 1 heterocycles. The van der Waals surface area contributed by atoms with Gasteiger partial charge in [0.2, 0.25) is 5.91 Å². The highest BCUT2D eigenvalue weighted by atomic mass is 16.2. The molecule has 1 amide bonds. The summed E-state index contributed by atoms with van der Waals surface area (Å²) in [5, 5.41) is 3.60. The molecule has 190 valence electrons. The van der Waals surface area contributed by atoms with E-state index in [1.807, 2.05) is 54.3 Å². The number of rotatable bonds is 6. The standard InChI is InChI=1S/C32H35N3O2/c1-4-30(37)35-28-15-11-10-14-26(28)33-27-20-24(22-12-8-7-9-13-22)21-29(36)31(27)32(35)23-16-18-25(19-17-23)34(5-2)6-3/h7-19,24,32-33H,4-6,20-21H2,1-3H3/t24-,32+/m0/s1. The minimum absolute atomic E-state index is 0.00111. The second-order valence-corrected chi connectivity index (χ2v) is 9.76. The molecule has 37 heavy (non-hydrogen) atoms. The second-order valence-electron chi connectivity index (χ2n) is 9.76. The lowest BCUT2D eigenvalue weighted by Gasteiger charge is -2.35. The lowest BCUT2D eigenvalue weighted by atomic mass is 9.78. The van der Waals surface area contributed by atoms with Crippen LogP contribution in [0.15, 0.2) is 90.1 Å². The number of allylic oxidation sites excluding steroid dienone is 1. The SMILES string of the molecule is CCC(=O)N1c2ccccc2NC2=C(C(=O)C[C@@H](c3ccccc3)C2)[C@H]1c1ccc(N(CC)CC)cc1. The van der Waals surface area contributed by atoms with Gasteiger partial charge in [-0.05, 0) is 61.6 Å². The average molecular weight is 494 g/mol. The van der Waals surface area contributed by atoms with Gasteiger partial charge in [-0.1, -0.05) is 61.5 Å². The first-order valence-corrected chi connectivity index (χ1v) is 13.4. The number of benzene rings is 3. The molecular formula is C32H35N3O2. The Balaban J connectivity index is 1.67. The molecule has 0 saturated carbocycles. The van der Waals surface area contributed by atoms with E-state index in [1.165, 1.54) is 5.56 Å². The maximum Gasteiger partial charge on any atom is 0.227 e. The number of Topliss-reactive ketones (excluding diaryl/α,β-unsaturated/α-hetero) is 1. The zero-order valence-electron chi connectivity index (χ0n) is 21.9. The molecule has 1 N–H and O–H groups in total. The summed E-state index contributed by atoms with van der Waals surface area (Å²) in [6.07, 6.45) is 1.51. The number of para-hydroxylation sites is 2. The number of anilines is 3. The molecule has 2 aliphatic rings. The summed E-state index contributed by atoms with van der Waals surface area (Å²) in [6.45, 7) is 8.02. The molecule has 0 radical (unpaired) electrons. The Morgan fingerprint density at radius 2 is 1.54 bits per heavy atom. The molecule has 0 aromatic heterocycles. The van der Waals surface area contributed by atoms with E-state index in [0.29, 0.717) is 18.4 Å². The number of ketones is 1. The molecule has 5 heteroatoms. The van der Waals surface area contributed by atoms with Crippen LogP contribution < -0.4 is 15.1 Å². The maximum absolute atomic E-state index is 14.0. The van der Waals surface area contributed by atoms with Gasteiger partial charge in [0, 0.05) is 42.9 Å². The van der Waals surface area contributed by atoms with Crippen LogP contribution >= 0.6 is 0 Å². The first-order chi connectivity index (χ1) is 18.0. The van der Waals surface area contributed by atoms with Gasteiger partial charge in [-0.2, -0.15) is 0 Å². The Kier molecular flexibility index (Phi) is 7.13. The van der Waals surface area contributed by atoms with Crippen molar-refractivity contribution in [2.24, 2.45) is 0 Å². The van der Waals surface area contributed by atoms with Crippen molar-refractivity contribution in [3.63, 3.8) is 0 Å². The number of amides is 1. The van der Waals surface area contributed by atoms with Crippen LogP contribution in [0.25, 0.3) is 0 Å². The fourth-order valence-electron chi connectivity index (χ4n) is 5.77. The number of carbonyl (C=O) groups excluding carboxylic acids is 2. The van der Waals surface area contributed by atoms with Gasteiger partial charge in [-0.25, -0.2) is 0 Å². The van der Waals surface area contributed by atoms with Crippen molar-refractivity contribution in [2.75, 3.05) is 28.2 Å². The van der Waals surface area contributed by atoms with Crippen LogP contribution in [0.1, 0.15) is 63.1 Å². The molecule has 3 aromatic rings. The van der Waals surface area contributed by atoms with Crippen LogP contribution in [0, 0.1) is 0 Å². The highest BCUT2D eigenvalue weighted by Crippen LogP contribution is 2.47. The van der Waals surface area contributed by atoms with Crippen LogP contribution in [0.2, 0.25) is 0 Å². The topological polar surface area (TPSA) is 52.7 Å². The Labute approximate surface area is 219 Å². The highest BCUT2D eigenvalue weighted by molar-refractivity contribution is 6.06. The molecular weight excluding hydrogens is 458 g/mol. The first kappa shape index (κ1) is 24.8. The van der Waals surface area contributed by atoms with Crippen LogP contribution in [-0.4, -0.2) is 24.8 Å². The summed E-state index contributed by atoms with van der Waals surface area (Å²) in [5.41, 5.74) is 6.56. The summed E-state index contributed by atoms with van der Waals surface area (Å²) in [7, 11) is 0. The van der Waals surface area contributed by atoms with Crippen molar-refractivity contribution in [3.8, 4) is 0 Å². The van der Waals surface area contributed by atoms with Gasteiger partial charge in [-0.3, -0.25) is 14.5 Å². The van der Waals surface area contributed by atoms with Crippen LogP contribution in [0.4, 0.5) is 17.1 Å².